The van der Waals surface area contributed by atoms with Gasteiger partial charge in [-0.15, -0.1) is 0 Å². The van der Waals surface area contributed by atoms with E-state index in [2.05, 4.69) is 0 Å². The van der Waals surface area contributed by atoms with Gasteiger partial charge in [-0.05, 0) is 0 Å². The Morgan fingerprint density at radius 1 is 0.391 bits per heavy atom. The number of carboxylic acid groups (broad SMARTS) is 6. The van der Waals surface area contributed by atoms with Crippen molar-refractivity contribution in [1.29, 1.82) is 0 Å². The second-order valence-electron chi connectivity index (χ2n) is 2.89. The van der Waals surface area contributed by atoms with Gasteiger partial charge in [0, 0.05) is 82.6 Å². The summed E-state index contributed by atoms with van der Waals surface area (Å²) in [5, 5.41) is 46.2. The van der Waals surface area contributed by atoms with Crippen LogP contribution in [-0.2, 0) is 28.8 Å². The molecule has 0 saturated heterocycles. The molecule has 0 atom stereocenters. The van der Waals surface area contributed by atoms with E-state index in [0.29, 0.717) is 0 Å². The zero-order valence-electron chi connectivity index (χ0n) is 11.4. The molecule has 0 fully saturated rings. The summed E-state index contributed by atoms with van der Waals surface area (Å²) in [6, 6.07) is 0. The van der Waals surface area contributed by atoms with Crippen LogP contribution in [0, 0.1) is 82.6 Å². The van der Waals surface area contributed by atoms with Crippen molar-refractivity contribution in [1.82, 2.24) is 0 Å². The van der Waals surface area contributed by atoms with Crippen molar-refractivity contribution in [2.75, 3.05) is 0 Å². The van der Waals surface area contributed by atoms with Crippen LogP contribution in [0.15, 0.2) is 0 Å². The molecule has 126 valence electrons. The summed E-state index contributed by atoms with van der Waals surface area (Å²) in [7, 11) is 0. The molecule has 0 aromatic heterocycles. The summed E-state index contributed by atoms with van der Waals surface area (Å²) in [4.78, 5) is 56.6. The zero-order valence-corrected chi connectivity index (χ0v) is 18.8. The van der Waals surface area contributed by atoms with Gasteiger partial charge in [0.15, 0.2) is 0 Å². The van der Waals surface area contributed by atoms with Gasteiger partial charge < -0.3 is 30.6 Å². The molecule has 0 amide bonds. The molecular weight excluding hydrogens is 582 g/mol. The molecule has 0 spiro atoms. The third-order valence-electron chi connectivity index (χ3n) is 0.907. The van der Waals surface area contributed by atoms with Crippen LogP contribution >= 0.6 is 0 Å². The van der Waals surface area contributed by atoms with E-state index < -0.39 is 55.1 Å². The van der Waals surface area contributed by atoms with Crippen LogP contribution in [0.25, 0.3) is 0 Å². The Hall–Kier alpha value is -0.453. The summed E-state index contributed by atoms with van der Waals surface area (Å²) in [5.74, 6) is -7.88. The van der Waals surface area contributed by atoms with Crippen LogP contribution in [-0.4, -0.2) is 66.5 Å². The molecule has 6 N–H and O–H groups in total. The first-order valence-electron chi connectivity index (χ1n) is 4.69. The van der Waals surface area contributed by atoms with Gasteiger partial charge in [0.1, 0.15) is 19.3 Å². The monoisotopic (exact) mass is 594 g/mol. The Morgan fingerprint density at radius 3 is 0.478 bits per heavy atom. The van der Waals surface area contributed by atoms with Gasteiger partial charge >= 0.3 is 35.8 Å². The van der Waals surface area contributed by atoms with Crippen molar-refractivity contribution in [3.63, 3.8) is 0 Å². The van der Waals surface area contributed by atoms with Crippen molar-refractivity contribution in [3.8, 4) is 0 Å². The predicted octanol–water partition coefficient (Wildman–Crippen LogP) is -1.36. The number of rotatable bonds is 6. The SMILES string of the molecule is O=C(O)CC(=O)O.O=C(O)CC(=O)O.O=C(O)CC(=O)O.[Pr].[Pr]. The van der Waals surface area contributed by atoms with Crippen LogP contribution in [0.4, 0.5) is 0 Å². The van der Waals surface area contributed by atoms with Gasteiger partial charge in [-0.3, -0.25) is 28.8 Å². The van der Waals surface area contributed by atoms with Gasteiger partial charge in [0.25, 0.3) is 0 Å². The van der Waals surface area contributed by atoms with Crippen LogP contribution < -0.4 is 0 Å². The first-order valence-corrected chi connectivity index (χ1v) is 4.69. The number of carboxylic acids is 6. The molecule has 0 aliphatic carbocycles. The van der Waals surface area contributed by atoms with Crippen LogP contribution in [0.2, 0.25) is 0 Å². The van der Waals surface area contributed by atoms with Crippen molar-refractivity contribution >= 4 is 35.8 Å². The summed E-state index contributed by atoms with van der Waals surface area (Å²) in [6.07, 6.45) is -2.42. The smallest absolute Gasteiger partial charge is 0.314 e. The van der Waals surface area contributed by atoms with Crippen molar-refractivity contribution in [3.05, 3.63) is 0 Å². The Kier molecular flexibility index (Phi) is 31.9. The van der Waals surface area contributed by atoms with Gasteiger partial charge in [-0.25, -0.2) is 0 Å². The number of aliphatic carboxylic acids is 6. The molecule has 12 nitrogen and oxygen atoms in total. The van der Waals surface area contributed by atoms with Crippen LogP contribution in [0.1, 0.15) is 19.3 Å². The van der Waals surface area contributed by atoms with Crippen molar-refractivity contribution in [2.45, 2.75) is 19.3 Å². The maximum absolute atomic E-state index is 9.43. The van der Waals surface area contributed by atoms with Crippen molar-refractivity contribution in [2.24, 2.45) is 0 Å². The molecule has 0 unspecified atom stereocenters. The molecule has 0 aliphatic rings. The van der Waals surface area contributed by atoms with E-state index in [4.69, 9.17) is 30.6 Å². The Balaban J connectivity index is -0.0000000675. The molecule has 0 aromatic rings. The molecule has 0 heterocycles. The maximum Gasteiger partial charge on any atom is 0.314 e. The van der Waals surface area contributed by atoms with E-state index in [9.17, 15) is 28.8 Å². The fraction of sp³-hybridized carbons (Fsp3) is 0.333. The minimum Gasteiger partial charge on any atom is -0.481 e. The second-order valence-corrected chi connectivity index (χ2v) is 2.89. The van der Waals surface area contributed by atoms with Crippen LogP contribution in [0.5, 0.6) is 0 Å². The average molecular weight is 594 g/mol. The van der Waals surface area contributed by atoms with E-state index in [-0.39, 0.29) is 82.6 Å². The van der Waals surface area contributed by atoms with E-state index >= 15 is 0 Å². The Morgan fingerprint density at radius 2 is 0.478 bits per heavy atom. The van der Waals surface area contributed by atoms with Gasteiger partial charge in [0.05, 0.1) is 0 Å². The topological polar surface area (TPSA) is 224 Å². The second kappa shape index (κ2) is 21.5. The van der Waals surface area contributed by atoms with E-state index in [1.165, 1.54) is 0 Å². The third kappa shape index (κ3) is 61.7. The molecule has 14 heteroatoms. The molecule has 0 rings (SSSR count). The molecule has 0 aliphatic heterocycles. The third-order valence-corrected chi connectivity index (χ3v) is 0.907. The molecule has 0 saturated carbocycles. The first-order chi connectivity index (χ1) is 9.38. The Bertz CT molecular complexity index is 321. The summed E-state index contributed by atoms with van der Waals surface area (Å²) in [5.41, 5.74) is 0. The standard InChI is InChI=1S/3C3H4O4.2Pr/c3*4-2(5)1-3(6)7;;/h3*1H2,(H,4,5)(H,6,7);;. The van der Waals surface area contributed by atoms with E-state index in [0.717, 1.165) is 0 Å². The normalized spacial score (nSPS) is 7.30. The van der Waals surface area contributed by atoms with Crippen LogP contribution in [0.3, 0.4) is 0 Å². The molecule has 2 radical (unpaired) electrons. The number of hydrogen-bond acceptors (Lipinski definition) is 6. The summed E-state index contributed by atoms with van der Waals surface area (Å²) >= 11 is 0. The molecule has 23 heavy (non-hydrogen) atoms. The van der Waals surface area contributed by atoms with Crippen molar-refractivity contribution < 1.29 is 142 Å². The molecular formula is C9H12O12Pr2. The number of carbonyl (C=O) groups is 6. The van der Waals surface area contributed by atoms with Gasteiger partial charge in [-0.2, -0.15) is 0 Å². The van der Waals surface area contributed by atoms with Gasteiger partial charge in [-0.1, -0.05) is 0 Å². The Labute approximate surface area is 194 Å². The largest absolute Gasteiger partial charge is 0.481 e. The fourth-order valence-electron chi connectivity index (χ4n) is 0.388. The quantitative estimate of drug-likeness (QED) is 0.196. The van der Waals surface area contributed by atoms with E-state index in [1.54, 1.807) is 0 Å². The first kappa shape index (κ1) is 34.0. The van der Waals surface area contributed by atoms with Gasteiger partial charge in [0.2, 0.25) is 0 Å². The summed E-state index contributed by atoms with van der Waals surface area (Å²) in [6.45, 7) is 0. The fourth-order valence-corrected chi connectivity index (χ4v) is 0.388. The zero-order chi connectivity index (χ0) is 17.6. The summed E-state index contributed by atoms with van der Waals surface area (Å²) < 4.78 is 0. The predicted molar refractivity (Wildman–Crippen MR) is 59.7 cm³/mol. The minimum absolute atomic E-state index is 0. The minimum atomic E-state index is -1.31. The average Bonchev–Trinajstić information content (AvgIpc) is 2.10. The molecule has 0 aromatic carbocycles. The number of hydrogen-bond donors (Lipinski definition) is 6. The maximum atomic E-state index is 9.43. The molecule has 0 bridgehead atoms. The van der Waals surface area contributed by atoms with E-state index in [1.807, 2.05) is 0 Å².